The first-order chi connectivity index (χ1) is 7.47. The molecule has 2 saturated heterocycles. The fraction of sp³-hybridized carbons (Fsp3) is 0.909. The second-order valence-electron chi connectivity index (χ2n) is 5.39. The van der Waals surface area contributed by atoms with Crippen LogP contribution in [0.1, 0.15) is 20.8 Å². The molecule has 1 N–H and O–H groups in total. The van der Waals surface area contributed by atoms with Crippen LogP contribution >= 0.6 is 0 Å². The topological polar surface area (TPSA) is 50.8 Å². The Balaban J connectivity index is 2.04. The smallest absolute Gasteiger partial charge is 0.411 e. The lowest BCUT2D eigenvalue weighted by Crippen LogP contribution is -2.65. The number of rotatable bonds is 0. The molecule has 0 spiro atoms. The number of amides is 1. The monoisotopic (exact) mass is 228 g/mol. The summed E-state index contributed by atoms with van der Waals surface area (Å²) in [7, 11) is 0. The maximum Gasteiger partial charge on any atom is 0.411 e. The maximum absolute atomic E-state index is 12.0. The average Bonchev–Trinajstić information content (AvgIpc) is 2.13. The van der Waals surface area contributed by atoms with E-state index in [2.05, 4.69) is 5.32 Å². The van der Waals surface area contributed by atoms with Crippen LogP contribution in [0.25, 0.3) is 0 Å². The summed E-state index contributed by atoms with van der Waals surface area (Å²) in [4.78, 5) is 13.9. The van der Waals surface area contributed by atoms with Gasteiger partial charge in [0.05, 0.1) is 25.3 Å². The van der Waals surface area contributed by atoms with Crippen LogP contribution in [0, 0.1) is 0 Å². The van der Waals surface area contributed by atoms with Gasteiger partial charge in [-0.3, -0.25) is 4.90 Å². The molecule has 1 amide bonds. The van der Waals surface area contributed by atoms with Gasteiger partial charge in [0.2, 0.25) is 0 Å². The molecule has 0 aromatic carbocycles. The van der Waals surface area contributed by atoms with Crippen LogP contribution in [0.2, 0.25) is 0 Å². The molecule has 5 heteroatoms. The maximum atomic E-state index is 12.0. The van der Waals surface area contributed by atoms with Crippen molar-refractivity contribution < 1.29 is 14.3 Å². The van der Waals surface area contributed by atoms with E-state index in [9.17, 15) is 4.79 Å². The third-order valence-corrected chi connectivity index (χ3v) is 2.77. The van der Waals surface area contributed by atoms with Gasteiger partial charge < -0.3 is 14.8 Å². The lowest BCUT2D eigenvalue weighted by Gasteiger charge is -2.45. The number of hydrogen-bond donors (Lipinski definition) is 1. The van der Waals surface area contributed by atoms with Crippen LogP contribution in [0.4, 0.5) is 4.79 Å². The zero-order valence-electron chi connectivity index (χ0n) is 10.2. The number of fused-ring (bicyclic) bond motifs is 2. The van der Waals surface area contributed by atoms with Crippen molar-refractivity contribution in [3.05, 3.63) is 0 Å². The van der Waals surface area contributed by atoms with Gasteiger partial charge in [0, 0.05) is 13.1 Å². The standard InChI is InChI=1S/C11H20N2O3/c1-11(2,3)16-10(14)13-8-4-12-5-9(13)7-15-6-8/h8-9,12H,4-7H2,1-3H3/t8-,9?/m1/s1. The molecule has 2 rings (SSSR count). The van der Waals surface area contributed by atoms with Gasteiger partial charge in [-0.2, -0.15) is 0 Å². The average molecular weight is 228 g/mol. The van der Waals surface area contributed by atoms with Crippen LogP contribution in [-0.4, -0.2) is 55.0 Å². The van der Waals surface area contributed by atoms with Crippen molar-refractivity contribution in [3.63, 3.8) is 0 Å². The molecule has 2 aliphatic rings. The van der Waals surface area contributed by atoms with Gasteiger partial charge in [-0.25, -0.2) is 4.79 Å². The van der Waals surface area contributed by atoms with Gasteiger partial charge in [0.1, 0.15) is 5.60 Å². The molecule has 2 atom stereocenters. The Kier molecular flexibility index (Phi) is 3.08. The minimum atomic E-state index is -0.433. The molecular weight excluding hydrogens is 208 g/mol. The Morgan fingerprint density at radius 2 is 1.88 bits per heavy atom. The first kappa shape index (κ1) is 11.7. The molecule has 0 saturated carbocycles. The zero-order chi connectivity index (χ0) is 11.8. The number of carbonyl (C=O) groups excluding carboxylic acids is 1. The molecular formula is C11H20N2O3. The zero-order valence-corrected chi connectivity index (χ0v) is 10.2. The third-order valence-electron chi connectivity index (χ3n) is 2.77. The van der Waals surface area contributed by atoms with Crippen molar-refractivity contribution in [1.82, 2.24) is 10.2 Å². The van der Waals surface area contributed by atoms with Gasteiger partial charge in [0.15, 0.2) is 0 Å². The van der Waals surface area contributed by atoms with Crippen molar-refractivity contribution in [3.8, 4) is 0 Å². The summed E-state index contributed by atoms with van der Waals surface area (Å²) in [5, 5.41) is 3.31. The van der Waals surface area contributed by atoms with E-state index in [0.717, 1.165) is 13.1 Å². The van der Waals surface area contributed by atoms with E-state index in [1.165, 1.54) is 0 Å². The van der Waals surface area contributed by atoms with Gasteiger partial charge in [-0.1, -0.05) is 0 Å². The minimum Gasteiger partial charge on any atom is -0.444 e. The van der Waals surface area contributed by atoms with E-state index >= 15 is 0 Å². The number of carbonyl (C=O) groups is 1. The fourth-order valence-corrected chi connectivity index (χ4v) is 2.14. The molecule has 2 bridgehead atoms. The van der Waals surface area contributed by atoms with Crippen LogP contribution in [0.3, 0.4) is 0 Å². The number of nitrogens with zero attached hydrogens (tertiary/aromatic N) is 1. The van der Waals surface area contributed by atoms with Crippen molar-refractivity contribution >= 4 is 6.09 Å². The highest BCUT2D eigenvalue weighted by Crippen LogP contribution is 2.20. The van der Waals surface area contributed by atoms with Gasteiger partial charge in [0.25, 0.3) is 0 Å². The lowest BCUT2D eigenvalue weighted by atomic mass is 10.1. The van der Waals surface area contributed by atoms with Crippen molar-refractivity contribution in [1.29, 1.82) is 0 Å². The van der Waals surface area contributed by atoms with Crippen LogP contribution in [0.15, 0.2) is 0 Å². The summed E-state index contributed by atoms with van der Waals surface area (Å²) in [5.74, 6) is 0. The predicted molar refractivity (Wildman–Crippen MR) is 59.3 cm³/mol. The van der Waals surface area contributed by atoms with Crippen molar-refractivity contribution in [2.75, 3.05) is 26.3 Å². The van der Waals surface area contributed by atoms with Crippen LogP contribution in [0.5, 0.6) is 0 Å². The molecule has 0 aliphatic carbocycles. The second kappa shape index (κ2) is 4.22. The SMILES string of the molecule is CC(C)(C)OC(=O)N1C2CNC[C@@H]1COC2. The second-order valence-corrected chi connectivity index (χ2v) is 5.39. The molecule has 2 aliphatic heterocycles. The van der Waals surface area contributed by atoms with Crippen LogP contribution < -0.4 is 5.32 Å². The van der Waals surface area contributed by atoms with E-state index in [4.69, 9.17) is 9.47 Å². The van der Waals surface area contributed by atoms with Gasteiger partial charge in [-0.15, -0.1) is 0 Å². The molecule has 92 valence electrons. The number of morpholine rings is 1. The fourth-order valence-electron chi connectivity index (χ4n) is 2.14. The summed E-state index contributed by atoms with van der Waals surface area (Å²) < 4.78 is 10.9. The number of ether oxygens (including phenoxy) is 2. The van der Waals surface area contributed by atoms with Crippen molar-refractivity contribution in [2.45, 2.75) is 38.5 Å². The van der Waals surface area contributed by atoms with Crippen LogP contribution in [-0.2, 0) is 9.47 Å². The minimum absolute atomic E-state index is 0.113. The molecule has 0 aromatic rings. The first-order valence-electron chi connectivity index (χ1n) is 5.77. The summed E-state index contributed by atoms with van der Waals surface area (Å²) >= 11 is 0. The highest BCUT2D eigenvalue weighted by atomic mass is 16.6. The van der Waals surface area contributed by atoms with E-state index < -0.39 is 5.60 Å². The Labute approximate surface area is 96.1 Å². The predicted octanol–water partition coefficient (Wildman–Crippen LogP) is 0.594. The molecule has 5 nitrogen and oxygen atoms in total. The number of piperazine rings is 1. The Morgan fingerprint density at radius 3 is 2.38 bits per heavy atom. The number of nitrogens with one attached hydrogen (secondary N) is 1. The Bertz CT molecular complexity index is 253. The Morgan fingerprint density at radius 1 is 1.31 bits per heavy atom. The molecule has 2 heterocycles. The largest absolute Gasteiger partial charge is 0.444 e. The molecule has 16 heavy (non-hydrogen) atoms. The van der Waals surface area contributed by atoms with Crippen molar-refractivity contribution in [2.24, 2.45) is 0 Å². The van der Waals surface area contributed by atoms with E-state index in [-0.39, 0.29) is 18.2 Å². The first-order valence-corrected chi connectivity index (χ1v) is 5.77. The Hall–Kier alpha value is -0.810. The third kappa shape index (κ3) is 2.47. The normalized spacial score (nSPS) is 30.1. The molecule has 0 aromatic heterocycles. The molecule has 2 fully saturated rings. The highest BCUT2D eigenvalue weighted by molar-refractivity contribution is 5.69. The molecule has 1 unspecified atom stereocenters. The lowest BCUT2D eigenvalue weighted by molar-refractivity contribution is -0.0717. The van der Waals surface area contributed by atoms with Gasteiger partial charge in [-0.05, 0) is 20.8 Å². The highest BCUT2D eigenvalue weighted by Gasteiger charge is 2.39. The van der Waals surface area contributed by atoms with E-state index in [1.807, 2.05) is 25.7 Å². The summed E-state index contributed by atoms with van der Waals surface area (Å²) in [6.45, 7) is 8.44. The summed E-state index contributed by atoms with van der Waals surface area (Å²) in [6, 6.07) is 0.227. The molecule has 0 radical (unpaired) electrons. The summed E-state index contributed by atoms with van der Waals surface area (Å²) in [6.07, 6.45) is -0.215. The van der Waals surface area contributed by atoms with E-state index in [0.29, 0.717) is 13.2 Å². The number of hydrogen-bond acceptors (Lipinski definition) is 4. The van der Waals surface area contributed by atoms with Gasteiger partial charge >= 0.3 is 6.09 Å². The quantitative estimate of drug-likeness (QED) is 0.659. The summed E-state index contributed by atoms with van der Waals surface area (Å²) in [5.41, 5.74) is -0.433. The van der Waals surface area contributed by atoms with E-state index in [1.54, 1.807) is 0 Å².